The first-order valence-corrected chi connectivity index (χ1v) is 10.6. The van der Waals surface area contributed by atoms with E-state index in [1.54, 1.807) is 20.1 Å². The van der Waals surface area contributed by atoms with E-state index in [4.69, 9.17) is 15.7 Å². The number of carbonyl (C=O) groups is 1. The first-order valence-electron chi connectivity index (χ1n) is 9.21. The van der Waals surface area contributed by atoms with Crippen LogP contribution < -0.4 is 4.74 Å². The molecule has 0 radical (unpaired) electrons. The molecule has 30 heavy (non-hydrogen) atoms. The van der Waals surface area contributed by atoms with Gasteiger partial charge in [-0.15, -0.1) is 6.42 Å². The lowest BCUT2D eigenvalue weighted by Crippen LogP contribution is -2.40. The van der Waals surface area contributed by atoms with Crippen molar-refractivity contribution in [3.63, 3.8) is 0 Å². The minimum atomic E-state index is -4.22. The molecule has 1 unspecified atom stereocenters. The van der Waals surface area contributed by atoms with Crippen molar-refractivity contribution in [3.05, 3.63) is 53.4 Å². The summed E-state index contributed by atoms with van der Waals surface area (Å²) >= 11 is 0. The molecule has 0 aliphatic heterocycles. The van der Waals surface area contributed by atoms with E-state index >= 15 is 0 Å². The summed E-state index contributed by atoms with van der Waals surface area (Å²) in [5, 5.41) is 5.53. The lowest BCUT2D eigenvalue weighted by molar-refractivity contribution is -0.127. The van der Waals surface area contributed by atoms with Gasteiger partial charge >= 0.3 is 0 Å². The van der Waals surface area contributed by atoms with Crippen molar-refractivity contribution in [2.45, 2.75) is 31.6 Å². The lowest BCUT2D eigenvalue weighted by Gasteiger charge is -2.24. The molecule has 8 heteroatoms. The molecular formula is C22H22N2O5S. The zero-order valence-electron chi connectivity index (χ0n) is 17.2. The second-order valence-electron chi connectivity index (χ2n) is 6.90. The predicted molar refractivity (Wildman–Crippen MR) is 113 cm³/mol. The van der Waals surface area contributed by atoms with Gasteiger partial charge in [0.25, 0.3) is 10.0 Å². The predicted octanol–water partition coefficient (Wildman–Crippen LogP) is 3.41. The van der Waals surface area contributed by atoms with Crippen molar-refractivity contribution in [3.8, 4) is 18.1 Å². The van der Waals surface area contributed by atoms with E-state index in [0.29, 0.717) is 9.87 Å². The maximum atomic E-state index is 13.2. The number of nitrogens with zero attached hydrogens (tertiary/aromatic N) is 2. The zero-order chi connectivity index (χ0) is 22.1. The molecule has 1 heterocycles. The van der Waals surface area contributed by atoms with E-state index in [9.17, 15) is 13.2 Å². The molecule has 1 amide bonds. The summed E-state index contributed by atoms with van der Waals surface area (Å²) in [4.78, 5) is 13.1. The van der Waals surface area contributed by atoms with Crippen LogP contribution in [0.2, 0.25) is 0 Å². The van der Waals surface area contributed by atoms with Gasteiger partial charge in [-0.1, -0.05) is 35.3 Å². The van der Waals surface area contributed by atoms with E-state index in [-0.39, 0.29) is 22.9 Å². The van der Waals surface area contributed by atoms with Crippen molar-refractivity contribution in [1.82, 2.24) is 9.46 Å². The summed E-state index contributed by atoms with van der Waals surface area (Å²) in [7, 11) is -2.62. The van der Waals surface area contributed by atoms with Crippen molar-refractivity contribution >= 4 is 26.7 Å². The fourth-order valence-electron chi connectivity index (χ4n) is 3.31. The van der Waals surface area contributed by atoms with Crippen LogP contribution in [0.25, 0.3) is 10.8 Å². The summed E-state index contributed by atoms with van der Waals surface area (Å²) < 4.78 is 37.3. The molecule has 0 N–H and O–H groups in total. The highest BCUT2D eigenvalue weighted by atomic mass is 32.2. The van der Waals surface area contributed by atoms with Gasteiger partial charge in [0, 0.05) is 0 Å². The number of hydrogen-bond donors (Lipinski definition) is 0. The monoisotopic (exact) mass is 426 g/mol. The molecule has 156 valence electrons. The van der Waals surface area contributed by atoms with Crippen LogP contribution in [0.1, 0.15) is 29.9 Å². The minimum absolute atomic E-state index is 0.106. The summed E-state index contributed by atoms with van der Waals surface area (Å²) in [6.07, 6.45) is 5.37. The zero-order valence-corrected chi connectivity index (χ0v) is 18.0. The Hall–Kier alpha value is -3.31. The van der Waals surface area contributed by atoms with E-state index in [0.717, 1.165) is 16.5 Å². The fraction of sp³-hybridized carbons (Fsp3) is 0.273. The number of ether oxygens (including phenoxy) is 1. The number of aromatic nitrogens is 1. The van der Waals surface area contributed by atoms with Crippen LogP contribution in [-0.2, 0) is 14.8 Å². The highest BCUT2D eigenvalue weighted by Crippen LogP contribution is 2.29. The van der Waals surface area contributed by atoms with Crippen molar-refractivity contribution in [2.75, 3.05) is 13.7 Å². The Morgan fingerprint density at radius 1 is 1.23 bits per heavy atom. The van der Waals surface area contributed by atoms with Crippen LogP contribution in [-0.4, -0.2) is 37.4 Å². The maximum absolute atomic E-state index is 13.2. The molecule has 7 nitrogen and oxygen atoms in total. The molecule has 0 saturated heterocycles. The molecule has 1 aromatic heterocycles. The first-order chi connectivity index (χ1) is 14.2. The Bertz CT molecular complexity index is 1230. The van der Waals surface area contributed by atoms with Crippen molar-refractivity contribution in [1.29, 1.82) is 0 Å². The number of benzene rings is 2. The van der Waals surface area contributed by atoms with E-state index in [1.807, 2.05) is 30.3 Å². The Morgan fingerprint density at radius 3 is 2.50 bits per heavy atom. The molecular weight excluding hydrogens is 404 g/mol. The van der Waals surface area contributed by atoms with Gasteiger partial charge in [0.2, 0.25) is 5.91 Å². The van der Waals surface area contributed by atoms with Gasteiger partial charge in [0.1, 0.15) is 11.4 Å². The molecule has 0 spiro atoms. The first kappa shape index (κ1) is 21.4. The number of amides is 1. The number of terminal acetylenes is 1. The Kier molecular flexibility index (Phi) is 5.85. The molecule has 0 aliphatic carbocycles. The van der Waals surface area contributed by atoms with Crippen LogP contribution in [0.4, 0.5) is 0 Å². The maximum Gasteiger partial charge on any atom is 0.272 e. The molecule has 0 bridgehead atoms. The Labute approximate surface area is 175 Å². The topological polar surface area (TPSA) is 89.7 Å². The molecule has 2 aromatic carbocycles. The van der Waals surface area contributed by atoms with E-state index in [1.165, 1.54) is 13.8 Å². The largest absolute Gasteiger partial charge is 0.497 e. The van der Waals surface area contributed by atoms with Crippen LogP contribution >= 0.6 is 0 Å². The lowest BCUT2D eigenvalue weighted by atomic mass is 9.97. The highest BCUT2D eigenvalue weighted by Gasteiger charge is 2.36. The molecule has 3 aromatic rings. The molecule has 0 aliphatic rings. The summed E-state index contributed by atoms with van der Waals surface area (Å²) in [6, 6.07) is 11.1. The van der Waals surface area contributed by atoms with Crippen LogP contribution in [0.3, 0.4) is 0 Å². The van der Waals surface area contributed by atoms with Gasteiger partial charge in [-0.3, -0.25) is 4.79 Å². The quantitative estimate of drug-likeness (QED) is 0.561. The second kappa shape index (κ2) is 8.20. The third kappa shape index (κ3) is 3.76. The van der Waals surface area contributed by atoms with Crippen LogP contribution in [0.15, 0.2) is 45.8 Å². The number of sulfonamides is 1. The fourth-order valence-corrected chi connectivity index (χ4v) is 4.99. The van der Waals surface area contributed by atoms with Crippen molar-refractivity contribution in [2.24, 2.45) is 0 Å². The molecule has 0 saturated carbocycles. The summed E-state index contributed by atoms with van der Waals surface area (Å²) in [6.45, 7) is 4.25. The number of rotatable bonds is 6. The number of carbonyl (C=O) groups excluding carboxylic acids is 1. The standard InChI is InChI=1S/C22H22N2O5S/c1-6-11-24(30(26,27)21-15(3)23-29-16(21)4)22(25)14(2)17-7-8-19-13-20(28-5)10-9-18(19)12-17/h1,7-10,12-14H,11H2,2-5H3. The molecule has 3 rings (SSSR count). The van der Waals surface area contributed by atoms with Crippen molar-refractivity contribution < 1.29 is 22.5 Å². The average molecular weight is 426 g/mol. The van der Waals surface area contributed by atoms with Gasteiger partial charge in [0.05, 0.1) is 19.6 Å². The van der Waals surface area contributed by atoms with Crippen LogP contribution in [0.5, 0.6) is 5.75 Å². The Morgan fingerprint density at radius 2 is 1.90 bits per heavy atom. The van der Waals surface area contributed by atoms with Gasteiger partial charge in [0.15, 0.2) is 10.7 Å². The summed E-state index contributed by atoms with van der Waals surface area (Å²) in [5.41, 5.74) is 0.850. The van der Waals surface area contributed by atoms with E-state index < -0.39 is 21.8 Å². The number of methoxy groups -OCH3 is 1. The third-order valence-electron chi connectivity index (χ3n) is 4.94. The van der Waals surface area contributed by atoms with Crippen LogP contribution in [0, 0.1) is 26.2 Å². The minimum Gasteiger partial charge on any atom is -0.497 e. The third-order valence-corrected chi connectivity index (χ3v) is 6.93. The summed E-state index contributed by atoms with van der Waals surface area (Å²) in [5.74, 6) is 1.74. The average Bonchev–Trinajstić information content (AvgIpc) is 3.08. The molecule has 1 atom stereocenters. The van der Waals surface area contributed by atoms with E-state index in [2.05, 4.69) is 11.1 Å². The molecule has 0 fully saturated rings. The number of hydrogen-bond acceptors (Lipinski definition) is 6. The second-order valence-corrected chi connectivity index (χ2v) is 8.70. The smallest absolute Gasteiger partial charge is 0.272 e. The Balaban J connectivity index is 1.99. The number of aryl methyl sites for hydroxylation is 2. The normalized spacial score (nSPS) is 12.4. The van der Waals surface area contributed by atoms with Gasteiger partial charge < -0.3 is 9.26 Å². The van der Waals surface area contributed by atoms with Gasteiger partial charge in [-0.25, -0.2) is 12.7 Å². The number of fused-ring (bicyclic) bond motifs is 1. The SMILES string of the molecule is C#CCN(C(=O)C(C)c1ccc2cc(OC)ccc2c1)S(=O)(=O)c1c(C)noc1C. The van der Waals surface area contributed by atoms with Gasteiger partial charge in [-0.05, 0) is 49.2 Å². The highest BCUT2D eigenvalue weighted by molar-refractivity contribution is 7.89. The van der Waals surface area contributed by atoms with Gasteiger partial charge in [-0.2, -0.15) is 0 Å².